The highest BCUT2D eigenvalue weighted by Gasteiger charge is 2.29. The van der Waals surface area contributed by atoms with Gasteiger partial charge in [-0.2, -0.15) is 0 Å². The SMILES string of the molecule is CCOC(=O)C1=C(c2cc([N+](=O)[O-])ccc2Cl)SC(N)N=C1C. The average molecular weight is 356 g/mol. The van der Waals surface area contributed by atoms with Gasteiger partial charge in [0, 0.05) is 27.6 Å². The molecule has 0 spiro atoms. The zero-order valence-corrected chi connectivity index (χ0v) is 14.0. The molecule has 0 amide bonds. The summed E-state index contributed by atoms with van der Waals surface area (Å²) < 4.78 is 5.05. The predicted molar refractivity (Wildman–Crippen MR) is 90.3 cm³/mol. The molecule has 0 fully saturated rings. The summed E-state index contributed by atoms with van der Waals surface area (Å²) in [5.41, 5.74) is 6.09. The maximum atomic E-state index is 12.2. The second-order valence-electron chi connectivity index (χ2n) is 4.57. The number of thioether (sulfide) groups is 1. The van der Waals surface area contributed by atoms with Crippen LogP contribution in [0.3, 0.4) is 0 Å². The fourth-order valence-electron chi connectivity index (χ4n) is 2.07. The molecule has 2 rings (SSSR count). The summed E-state index contributed by atoms with van der Waals surface area (Å²) in [6.07, 6.45) is 0. The summed E-state index contributed by atoms with van der Waals surface area (Å²) in [5.74, 6) is -0.564. The molecule has 9 heteroatoms. The number of hydrogen-bond donors (Lipinski definition) is 1. The number of aliphatic imine (C=N–C) groups is 1. The molecule has 7 nitrogen and oxygen atoms in total. The highest BCUT2D eigenvalue weighted by atomic mass is 35.5. The van der Waals surface area contributed by atoms with Crippen LogP contribution in [0.4, 0.5) is 5.69 Å². The summed E-state index contributed by atoms with van der Waals surface area (Å²) in [7, 11) is 0. The van der Waals surface area contributed by atoms with Crippen molar-refractivity contribution in [3.8, 4) is 0 Å². The molecular weight excluding hydrogens is 342 g/mol. The minimum absolute atomic E-state index is 0.130. The first-order valence-electron chi connectivity index (χ1n) is 6.67. The van der Waals surface area contributed by atoms with E-state index in [4.69, 9.17) is 22.1 Å². The zero-order valence-electron chi connectivity index (χ0n) is 12.4. The topological polar surface area (TPSA) is 108 Å². The second kappa shape index (κ2) is 7.12. The summed E-state index contributed by atoms with van der Waals surface area (Å²) in [5, 5.41) is 11.3. The number of ether oxygens (including phenoxy) is 1. The standard InChI is InChI=1S/C14H14ClN3O4S/c1-3-22-13(19)11-7(2)17-14(16)23-12(11)9-6-8(18(20)21)4-5-10(9)15/h4-6,14H,3,16H2,1-2H3. The Morgan fingerprint density at radius 3 is 2.87 bits per heavy atom. The van der Waals surface area contributed by atoms with Crippen LogP contribution in [0.25, 0.3) is 4.91 Å². The quantitative estimate of drug-likeness (QED) is 0.505. The molecular formula is C14H14ClN3O4S. The van der Waals surface area contributed by atoms with E-state index in [0.29, 0.717) is 16.2 Å². The Morgan fingerprint density at radius 2 is 2.26 bits per heavy atom. The molecule has 1 heterocycles. The maximum absolute atomic E-state index is 12.2. The highest BCUT2D eigenvalue weighted by molar-refractivity contribution is 8.09. The number of nitrogens with zero attached hydrogens (tertiary/aromatic N) is 2. The van der Waals surface area contributed by atoms with E-state index in [1.165, 1.54) is 18.2 Å². The van der Waals surface area contributed by atoms with E-state index in [1.54, 1.807) is 13.8 Å². The minimum atomic E-state index is -0.626. The van der Waals surface area contributed by atoms with Crippen molar-refractivity contribution in [3.63, 3.8) is 0 Å². The minimum Gasteiger partial charge on any atom is -0.462 e. The van der Waals surface area contributed by atoms with Crippen LogP contribution >= 0.6 is 23.4 Å². The van der Waals surface area contributed by atoms with Crippen LogP contribution in [0.1, 0.15) is 19.4 Å². The highest BCUT2D eigenvalue weighted by Crippen LogP contribution is 2.41. The van der Waals surface area contributed by atoms with Crippen molar-refractivity contribution < 1.29 is 14.5 Å². The number of carbonyl (C=O) groups is 1. The Bertz CT molecular complexity index is 733. The Labute approximate surface area is 141 Å². The van der Waals surface area contributed by atoms with Crippen molar-refractivity contribution in [1.29, 1.82) is 0 Å². The van der Waals surface area contributed by atoms with E-state index in [1.807, 2.05) is 0 Å². The number of halogens is 1. The van der Waals surface area contributed by atoms with Crippen LogP contribution < -0.4 is 5.73 Å². The second-order valence-corrected chi connectivity index (χ2v) is 6.10. The fourth-order valence-corrected chi connectivity index (χ4v) is 3.43. The number of esters is 1. The van der Waals surface area contributed by atoms with Crippen LogP contribution in [0.2, 0.25) is 5.02 Å². The third-order valence-corrected chi connectivity index (χ3v) is 4.37. The third kappa shape index (κ3) is 3.72. The molecule has 0 aromatic heterocycles. The van der Waals surface area contributed by atoms with Gasteiger partial charge in [0.2, 0.25) is 0 Å². The number of nitrogens with two attached hydrogens (primary N) is 1. The van der Waals surface area contributed by atoms with Crippen LogP contribution in [0.5, 0.6) is 0 Å². The van der Waals surface area contributed by atoms with E-state index in [0.717, 1.165) is 11.8 Å². The van der Waals surface area contributed by atoms with Crippen molar-refractivity contribution in [2.75, 3.05) is 6.61 Å². The number of rotatable bonds is 4. The summed E-state index contributed by atoms with van der Waals surface area (Å²) in [4.78, 5) is 27.3. The zero-order chi connectivity index (χ0) is 17.1. The van der Waals surface area contributed by atoms with Crippen molar-refractivity contribution >= 4 is 45.6 Å². The van der Waals surface area contributed by atoms with Crippen LogP contribution in [0, 0.1) is 10.1 Å². The van der Waals surface area contributed by atoms with Crippen LogP contribution in [-0.2, 0) is 9.53 Å². The first kappa shape index (κ1) is 17.5. The number of hydrogen-bond acceptors (Lipinski definition) is 7. The van der Waals surface area contributed by atoms with E-state index in [9.17, 15) is 14.9 Å². The molecule has 1 aromatic carbocycles. The van der Waals surface area contributed by atoms with Gasteiger partial charge < -0.3 is 10.5 Å². The van der Waals surface area contributed by atoms with Crippen molar-refractivity contribution in [2.45, 2.75) is 19.3 Å². The Balaban J connectivity index is 2.66. The van der Waals surface area contributed by atoms with E-state index in [-0.39, 0.29) is 22.9 Å². The molecule has 1 aromatic rings. The van der Waals surface area contributed by atoms with E-state index in [2.05, 4.69) is 4.99 Å². The Hall–Kier alpha value is -1.90. The van der Waals surface area contributed by atoms with Crippen LogP contribution in [0.15, 0.2) is 28.8 Å². The smallest absolute Gasteiger partial charge is 0.341 e. The first-order valence-corrected chi connectivity index (χ1v) is 7.93. The molecule has 0 saturated heterocycles. The lowest BCUT2D eigenvalue weighted by atomic mass is 10.1. The number of carbonyl (C=O) groups excluding carboxylic acids is 1. The normalized spacial score (nSPS) is 17.7. The Morgan fingerprint density at radius 1 is 1.57 bits per heavy atom. The third-order valence-electron chi connectivity index (χ3n) is 3.03. The van der Waals surface area contributed by atoms with E-state index >= 15 is 0 Å². The van der Waals surface area contributed by atoms with Gasteiger partial charge in [-0.25, -0.2) is 4.79 Å². The van der Waals surface area contributed by atoms with Crippen LogP contribution in [-0.4, -0.2) is 28.7 Å². The number of nitro groups is 1. The molecule has 1 aliphatic heterocycles. The first-order chi connectivity index (χ1) is 10.8. The monoisotopic (exact) mass is 355 g/mol. The average Bonchev–Trinajstić information content (AvgIpc) is 2.46. The molecule has 0 aliphatic carbocycles. The maximum Gasteiger partial charge on any atom is 0.341 e. The number of nitro benzene ring substituents is 1. The van der Waals surface area contributed by atoms with Crippen molar-refractivity contribution in [3.05, 3.63) is 44.5 Å². The lowest BCUT2D eigenvalue weighted by molar-refractivity contribution is -0.384. The van der Waals surface area contributed by atoms with E-state index < -0.39 is 16.4 Å². The molecule has 1 unspecified atom stereocenters. The molecule has 0 saturated carbocycles. The Kier molecular flexibility index (Phi) is 5.40. The number of benzene rings is 1. The molecule has 1 aliphatic rings. The van der Waals surface area contributed by atoms with Gasteiger partial charge in [0.1, 0.15) is 5.50 Å². The molecule has 1 atom stereocenters. The molecule has 0 bridgehead atoms. The number of non-ortho nitro benzene ring substituents is 1. The molecule has 0 radical (unpaired) electrons. The molecule has 2 N–H and O–H groups in total. The molecule has 122 valence electrons. The molecule has 23 heavy (non-hydrogen) atoms. The van der Waals surface area contributed by atoms with Gasteiger partial charge in [0.25, 0.3) is 5.69 Å². The van der Waals surface area contributed by atoms with Gasteiger partial charge >= 0.3 is 5.97 Å². The van der Waals surface area contributed by atoms with Gasteiger partial charge in [0.05, 0.1) is 22.8 Å². The largest absolute Gasteiger partial charge is 0.462 e. The summed E-state index contributed by atoms with van der Waals surface area (Å²) in [6.45, 7) is 3.52. The summed E-state index contributed by atoms with van der Waals surface area (Å²) in [6, 6.07) is 4.03. The lowest BCUT2D eigenvalue weighted by Gasteiger charge is -2.22. The van der Waals surface area contributed by atoms with Gasteiger partial charge in [-0.3, -0.25) is 15.1 Å². The lowest BCUT2D eigenvalue weighted by Crippen LogP contribution is -2.25. The van der Waals surface area contributed by atoms with Crippen molar-refractivity contribution in [2.24, 2.45) is 10.7 Å². The fraction of sp³-hybridized carbons (Fsp3) is 0.286. The van der Waals surface area contributed by atoms with Gasteiger partial charge in [-0.1, -0.05) is 23.4 Å². The van der Waals surface area contributed by atoms with Gasteiger partial charge in [-0.15, -0.1) is 0 Å². The predicted octanol–water partition coefficient (Wildman–Crippen LogP) is 2.97. The van der Waals surface area contributed by atoms with Gasteiger partial charge in [-0.05, 0) is 19.9 Å². The van der Waals surface area contributed by atoms with Gasteiger partial charge in [0.15, 0.2) is 0 Å². The van der Waals surface area contributed by atoms with Crippen molar-refractivity contribution in [1.82, 2.24) is 0 Å². The summed E-state index contributed by atoms with van der Waals surface area (Å²) >= 11 is 7.28.